The molecule has 0 atom stereocenters. The number of rotatable bonds is 4. The smallest absolute Gasteiger partial charge is 0.0945 e. The van der Waals surface area contributed by atoms with Crippen molar-refractivity contribution in [3.8, 4) is 0 Å². The maximum Gasteiger partial charge on any atom is 0.0945 e. The number of nitrogens with zero attached hydrogens (tertiary/aromatic N) is 3. The van der Waals surface area contributed by atoms with Gasteiger partial charge in [0.25, 0.3) is 0 Å². The molecule has 3 nitrogen and oxygen atoms in total. The van der Waals surface area contributed by atoms with Gasteiger partial charge in [-0.05, 0) is 24.6 Å². The molecule has 0 aliphatic carbocycles. The van der Waals surface area contributed by atoms with Crippen LogP contribution in [-0.4, -0.2) is 14.1 Å². The van der Waals surface area contributed by atoms with E-state index in [1.54, 1.807) is 12.3 Å². The van der Waals surface area contributed by atoms with Gasteiger partial charge in [-0.3, -0.25) is 0 Å². The standard InChI is InChI=1S/C14H13Cl2N3/c15-11-8-13(16)12-2-6-19(14(12)9-11)5-1-4-18-7-3-17-10-18/h2-3,6-10H,1,4-5H2. The fourth-order valence-corrected chi connectivity index (χ4v) is 2.80. The molecule has 5 heteroatoms. The molecule has 0 radical (unpaired) electrons. The molecule has 19 heavy (non-hydrogen) atoms. The third-order valence-corrected chi connectivity index (χ3v) is 3.71. The maximum absolute atomic E-state index is 6.18. The second-order valence-corrected chi connectivity index (χ2v) is 5.33. The molecule has 98 valence electrons. The Morgan fingerprint density at radius 3 is 2.79 bits per heavy atom. The first kappa shape index (κ1) is 12.6. The zero-order valence-electron chi connectivity index (χ0n) is 10.3. The zero-order chi connectivity index (χ0) is 13.2. The summed E-state index contributed by atoms with van der Waals surface area (Å²) in [4.78, 5) is 4.03. The third-order valence-electron chi connectivity index (χ3n) is 3.18. The minimum atomic E-state index is 0.673. The highest BCUT2D eigenvalue weighted by atomic mass is 35.5. The molecule has 0 aliphatic rings. The van der Waals surface area contributed by atoms with Crippen molar-refractivity contribution in [2.45, 2.75) is 19.5 Å². The van der Waals surface area contributed by atoms with Crippen LogP contribution in [0.3, 0.4) is 0 Å². The summed E-state index contributed by atoms with van der Waals surface area (Å²) in [6, 6.07) is 5.77. The lowest BCUT2D eigenvalue weighted by Gasteiger charge is -2.07. The largest absolute Gasteiger partial charge is 0.347 e. The SMILES string of the molecule is Clc1cc(Cl)c2ccn(CCCn3ccnc3)c2c1. The molecule has 0 aliphatic heterocycles. The first-order valence-electron chi connectivity index (χ1n) is 6.14. The van der Waals surface area contributed by atoms with Crippen LogP contribution in [-0.2, 0) is 13.1 Å². The summed E-state index contributed by atoms with van der Waals surface area (Å²) in [6.07, 6.45) is 8.69. The van der Waals surface area contributed by atoms with E-state index >= 15 is 0 Å². The predicted molar refractivity (Wildman–Crippen MR) is 78.8 cm³/mol. The van der Waals surface area contributed by atoms with Gasteiger partial charge < -0.3 is 9.13 Å². The third kappa shape index (κ3) is 2.62. The first-order chi connectivity index (χ1) is 9.24. The van der Waals surface area contributed by atoms with E-state index in [1.807, 2.05) is 24.7 Å². The molecule has 0 unspecified atom stereocenters. The maximum atomic E-state index is 6.18. The quantitative estimate of drug-likeness (QED) is 0.706. The van der Waals surface area contributed by atoms with E-state index in [0.29, 0.717) is 10.0 Å². The van der Waals surface area contributed by atoms with Crippen LogP contribution < -0.4 is 0 Å². The Kier molecular flexibility index (Phi) is 3.49. The highest BCUT2D eigenvalue weighted by molar-refractivity contribution is 6.38. The molecule has 0 N–H and O–H groups in total. The van der Waals surface area contributed by atoms with Crippen LogP contribution in [0.15, 0.2) is 43.1 Å². The summed E-state index contributed by atoms with van der Waals surface area (Å²) in [5, 5.41) is 2.43. The minimum absolute atomic E-state index is 0.673. The van der Waals surface area contributed by atoms with E-state index in [9.17, 15) is 0 Å². The first-order valence-corrected chi connectivity index (χ1v) is 6.89. The Morgan fingerprint density at radius 2 is 2.00 bits per heavy atom. The van der Waals surface area contributed by atoms with Gasteiger partial charge in [0.05, 0.1) is 16.9 Å². The number of hydrogen-bond donors (Lipinski definition) is 0. The van der Waals surface area contributed by atoms with Crippen LogP contribution in [0.4, 0.5) is 0 Å². The predicted octanol–water partition coefficient (Wildman–Crippen LogP) is 4.23. The van der Waals surface area contributed by atoms with Gasteiger partial charge >= 0.3 is 0 Å². The number of hydrogen-bond acceptors (Lipinski definition) is 1. The molecule has 0 saturated heterocycles. The van der Waals surface area contributed by atoms with Gasteiger partial charge in [-0.1, -0.05) is 23.2 Å². The van der Waals surface area contributed by atoms with E-state index in [-0.39, 0.29) is 0 Å². The Labute approximate surface area is 121 Å². The molecule has 0 fully saturated rings. The number of halogens is 2. The van der Waals surface area contributed by atoms with Crippen LogP contribution in [0.2, 0.25) is 10.0 Å². The normalized spacial score (nSPS) is 11.3. The Balaban J connectivity index is 1.78. The van der Waals surface area contributed by atoms with Gasteiger partial charge in [-0.2, -0.15) is 0 Å². The van der Waals surface area contributed by atoms with Crippen LogP contribution in [0.1, 0.15) is 6.42 Å². The van der Waals surface area contributed by atoms with E-state index in [0.717, 1.165) is 30.4 Å². The highest BCUT2D eigenvalue weighted by Crippen LogP contribution is 2.28. The van der Waals surface area contributed by atoms with Gasteiger partial charge in [-0.25, -0.2) is 4.98 Å². The highest BCUT2D eigenvalue weighted by Gasteiger charge is 2.06. The molecule has 0 bridgehead atoms. The van der Waals surface area contributed by atoms with Crippen molar-refractivity contribution in [1.29, 1.82) is 0 Å². The van der Waals surface area contributed by atoms with E-state index in [4.69, 9.17) is 23.2 Å². The molecule has 0 saturated carbocycles. The summed E-state index contributed by atoms with van der Waals surface area (Å²) in [7, 11) is 0. The average molecular weight is 294 g/mol. The lowest BCUT2D eigenvalue weighted by atomic mass is 10.2. The van der Waals surface area contributed by atoms with E-state index in [2.05, 4.69) is 20.3 Å². The summed E-state index contributed by atoms with van der Waals surface area (Å²) in [5.41, 5.74) is 1.09. The van der Waals surface area contributed by atoms with Gasteiger partial charge in [0.2, 0.25) is 0 Å². The van der Waals surface area contributed by atoms with Crippen molar-refractivity contribution in [3.63, 3.8) is 0 Å². The van der Waals surface area contributed by atoms with Gasteiger partial charge in [0.1, 0.15) is 0 Å². The van der Waals surface area contributed by atoms with Gasteiger partial charge in [-0.15, -0.1) is 0 Å². The van der Waals surface area contributed by atoms with E-state index < -0.39 is 0 Å². The average Bonchev–Trinajstić information content (AvgIpc) is 2.99. The summed E-state index contributed by atoms with van der Waals surface area (Å²) in [5.74, 6) is 0. The Bertz CT molecular complexity index is 686. The number of aryl methyl sites for hydroxylation is 2. The van der Waals surface area contributed by atoms with Crippen molar-refractivity contribution in [2.24, 2.45) is 0 Å². The van der Waals surface area contributed by atoms with Crippen LogP contribution in [0.5, 0.6) is 0 Å². The second kappa shape index (κ2) is 5.27. The number of benzene rings is 1. The van der Waals surface area contributed by atoms with Crippen molar-refractivity contribution in [3.05, 3.63) is 53.2 Å². The van der Waals surface area contributed by atoms with Crippen molar-refractivity contribution in [1.82, 2.24) is 14.1 Å². The molecule has 1 aromatic carbocycles. The number of imidazole rings is 1. The van der Waals surface area contributed by atoms with Crippen LogP contribution in [0, 0.1) is 0 Å². The minimum Gasteiger partial charge on any atom is -0.347 e. The molecule has 3 aromatic rings. The number of fused-ring (bicyclic) bond motifs is 1. The topological polar surface area (TPSA) is 22.8 Å². The molecule has 2 heterocycles. The fourth-order valence-electron chi connectivity index (χ4n) is 2.26. The monoisotopic (exact) mass is 293 g/mol. The van der Waals surface area contributed by atoms with Crippen LogP contribution >= 0.6 is 23.2 Å². The van der Waals surface area contributed by atoms with Gasteiger partial charge in [0, 0.05) is 42.1 Å². The lowest BCUT2D eigenvalue weighted by molar-refractivity contribution is 0.573. The van der Waals surface area contributed by atoms with E-state index in [1.165, 1.54) is 0 Å². The van der Waals surface area contributed by atoms with Crippen molar-refractivity contribution in [2.75, 3.05) is 0 Å². The zero-order valence-corrected chi connectivity index (χ0v) is 11.8. The molecule has 2 aromatic heterocycles. The van der Waals surface area contributed by atoms with Gasteiger partial charge in [0.15, 0.2) is 0 Å². The molecule has 0 amide bonds. The lowest BCUT2D eigenvalue weighted by Crippen LogP contribution is -2.01. The Morgan fingerprint density at radius 1 is 1.11 bits per heavy atom. The molecule has 3 rings (SSSR count). The van der Waals surface area contributed by atoms with Crippen molar-refractivity contribution >= 4 is 34.1 Å². The molecule has 0 spiro atoms. The second-order valence-electron chi connectivity index (χ2n) is 4.48. The molecular weight excluding hydrogens is 281 g/mol. The van der Waals surface area contributed by atoms with Crippen molar-refractivity contribution < 1.29 is 0 Å². The summed E-state index contributed by atoms with van der Waals surface area (Å²) in [6.45, 7) is 1.88. The molecular formula is C14H13Cl2N3. The fraction of sp³-hybridized carbons (Fsp3) is 0.214. The Hall–Kier alpha value is -1.45. The number of aromatic nitrogens is 3. The van der Waals surface area contributed by atoms with Crippen LogP contribution in [0.25, 0.3) is 10.9 Å². The summed E-state index contributed by atoms with van der Waals surface area (Å²) >= 11 is 12.2. The summed E-state index contributed by atoms with van der Waals surface area (Å²) < 4.78 is 4.26.